The number of alkyl halides is 3. The molecule has 0 amide bonds. The molecule has 2 rings (SSSR count). The molecule has 0 aliphatic rings. The van der Waals surface area contributed by atoms with Gasteiger partial charge in [-0.15, -0.1) is 13.2 Å². The normalized spacial score (nSPS) is 11.8. The second-order valence-electron chi connectivity index (χ2n) is 4.96. The van der Waals surface area contributed by atoms with Gasteiger partial charge in [0.15, 0.2) is 0 Å². The van der Waals surface area contributed by atoms with Gasteiger partial charge in [-0.2, -0.15) is 0 Å². The van der Waals surface area contributed by atoms with E-state index in [9.17, 15) is 17.6 Å². The predicted octanol–water partition coefficient (Wildman–Crippen LogP) is 5.51. The minimum absolute atomic E-state index is 0.118. The molecule has 0 bridgehead atoms. The van der Waals surface area contributed by atoms with Crippen LogP contribution in [0, 0.1) is 5.82 Å². The molecular weight excluding hydrogens is 284 g/mol. The zero-order valence-electron chi connectivity index (χ0n) is 11.5. The van der Waals surface area contributed by atoms with Crippen molar-refractivity contribution in [2.45, 2.75) is 26.1 Å². The van der Waals surface area contributed by atoms with Crippen molar-refractivity contribution in [1.82, 2.24) is 0 Å². The monoisotopic (exact) mass is 298 g/mol. The maximum Gasteiger partial charge on any atom is 0.573 e. The van der Waals surface area contributed by atoms with E-state index >= 15 is 0 Å². The summed E-state index contributed by atoms with van der Waals surface area (Å²) in [4.78, 5) is 0. The van der Waals surface area contributed by atoms with Gasteiger partial charge < -0.3 is 4.74 Å². The highest BCUT2D eigenvalue weighted by Crippen LogP contribution is 2.33. The van der Waals surface area contributed by atoms with Crippen LogP contribution in [-0.4, -0.2) is 6.36 Å². The van der Waals surface area contributed by atoms with Gasteiger partial charge in [-0.25, -0.2) is 4.39 Å². The van der Waals surface area contributed by atoms with Gasteiger partial charge >= 0.3 is 6.36 Å². The van der Waals surface area contributed by atoms with Crippen LogP contribution in [0.15, 0.2) is 42.5 Å². The highest BCUT2D eigenvalue weighted by atomic mass is 19.4. The third-order valence-corrected chi connectivity index (χ3v) is 3.02. The summed E-state index contributed by atoms with van der Waals surface area (Å²) >= 11 is 0. The quantitative estimate of drug-likeness (QED) is 0.678. The molecule has 1 nitrogen and oxygen atoms in total. The van der Waals surface area contributed by atoms with Crippen LogP contribution in [0.5, 0.6) is 5.75 Å². The molecule has 0 aliphatic carbocycles. The van der Waals surface area contributed by atoms with Crippen LogP contribution < -0.4 is 4.74 Å². The first-order valence-corrected chi connectivity index (χ1v) is 6.42. The molecule has 112 valence electrons. The van der Waals surface area contributed by atoms with Crippen molar-refractivity contribution < 1.29 is 22.3 Å². The van der Waals surface area contributed by atoms with Gasteiger partial charge in [-0.3, -0.25) is 0 Å². The summed E-state index contributed by atoms with van der Waals surface area (Å²) in [6.07, 6.45) is -4.75. The maximum absolute atomic E-state index is 13.5. The average Bonchev–Trinajstić information content (AvgIpc) is 2.36. The molecule has 0 saturated heterocycles. The topological polar surface area (TPSA) is 9.23 Å². The lowest BCUT2D eigenvalue weighted by Gasteiger charge is -2.15. The summed E-state index contributed by atoms with van der Waals surface area (Å²) in [7, 11) is 0. The molecule has 0 unspecified atom stereocenters. The fourth-order valence-electron chi connectivity index (χ4n) is 2.14. The number of halogens is 4. The maximum atomic E-state index is 13.5. The fraction of sp³-hybridized carbons (Fsp3) is 0.250. The summed E-state index contributed by atoms with van der Waals surface area (Å²) in [5, 5.41) is 0. The highest BCUT2D eigenvalue weighted by Gasteiger charge is 2.31. The van der Waals surface area contributed by atoms with E-state index in [0.29, 0.717) is 11.1 Å². The Labute approximate surface area is 120 Å². The molecule has 0 aromatic heterocycles. The number of rotatable bonds is 3. The van der Waals surface area contributed by atoms with Crippen LogP contribution in [-0.2, 0) is 0 Å². The number of hydrogen-bond acceptors (Lipinski definition) is 1. The second kappa shape index (κ2) is 5.76. The lowest BCUT2D eigenvalue weighted by Crippen LogP contribution is -2.17. The van der Waals surface area contributed by atoms with Gasteiger partial charge in [0, 0.05) is 0 Å². The Hall–Kier alpha value is -2.04. The molecule has 2 aromatic rings. The zero-order valence-corrected chi connectivity index (χ0v) is 11.5. The molecule has 0 radical (unpaired) electrons. The summed E-state index contributed by atoms with van der Waals surface area (Å²) < 4.78 is 54.2. The minimum Gasteiger partial charge on any atom is -0.406 e. The summed E-state index contributed by atoms with van der Waals surface area (Å²) in [6, 6.07) is 9.86. The molecule has 0 N–H and O–H groups in total. The van der Waals surface area contributed by atoms with Gasteiger partial charge in [0.1, 0.15) is 11.6 Å². The van der Waals surface area contributed by atoms with E-state index in [2.05, 4.69) is 4.74 Å². The molecule has 0 atom stereocenters. The van der Waals surface area contributed by atoms with Crippen LogP contribution in [0.2, 0.25) is 0 Å². The van der Waals surface area contributed by atoms with Gasteiger partial charge in [0.05, 0.1) is 0 Å². The molecule has 0 spiro atoms. The zero-order chi connectivity index (χ0) is 15.6. The van der Waals surface area contributed by atoms with E-state index in [1.807, 2.05) is 13.8 Å². The molecule has 0 heterocycles. The lowest BCUT2D eigenvalue weighted by molar-refractivity contribution is -0.274. The van der Waals surface area contributed by atoms with E-state index in [-0.39, 0.29) is 11.7 Å². The third-order valence-electron chi connectivity index (χ3n) is 3.02. The third kappa shape index (κ3) is 3.97. The Balaban J connectivity index is 2.47. The fourth-order valence-corrected chi connectivity index (χ4v) is 2.14. The van der Waals surface area contributed by atoms with Crippen molar-refractivity contribution in [2.75, 3.05) is 0 Å². The number of benzene rings is 2. The van der Waals surface area contributed by atoms with Crippen molar-refractivity contribution in [2.24, 2.45) is 0 Å². The van der Waals surface area contributed by atoms with Crippen LogP contribution in [0.1, 0.15) is 25.3 Å². The molecule has 21 heavy (non-hydrogen) atoms. The number of ether oxygens (including phenoxy) is 1. The van der Waals surface area contributed by atoms with Gasteiger partial charge in [0.2, 0.25) is 0 Å². The van der Waals surface area contributed by atoms with E-state index in [4.69, 9.17) is 0 Å². The van der Waals surface area contributed by atoms with E-state index in [1.54, 1.807) is 12.1 Å². The van der Waals surface area contributed by atoms with E-state index < -0.39 is 12.2 Å². The smallest absolute Gasteiger partial charge is 0.406 e. The van der Waals surface area contributed by atoms with Crippen LogP contribution in [0.3, 0.4) is 0 Å². The standard InChI is InChI=1S/C16H14F4O/c1-10(2)14-7-6-12(17)9-15(14)11-4-3-5-13(8-11)21-16(18,19)20/h3-10H,1-2H3. The van der Waals surface area contributed by atoms with Crippen molar-refractivity contribution in [1.29, 1.82) is 0 Å². The molecule has 2 aromatic carbocycles. The van der Waals surface area contributed by atoms with Crippen molar-refractivity contribution in [3.05, 3.63) is 53.8 Å². The lowest BCUT2D eigenvalue weighted by atomic mass is 9.92. The summed E-state index contributed by atoms with van der Waals surface area (Å²) in [6.45, 7) is 3.87. The highest BCUT2D eigenvalue weighted by molar-refractivity contribution is 5.69. The van der Waals surface area contributed by atoms with Crippen LogP contribution in [0.25, 0.3) is 11.1 Å². The molecular formula is C16H14F4O. The largest absolute Gasteiger partial charge is 0.573 e. The first-order chi connectivity index (χ1) is 9.76. The van der Waals surface area contributed by atoms with Crippen LogP contribution in [0.4, 0.5) is 17.6 Å². The average molecular weight is 298 g/mol. The van der Waals surface area contributed by atoms with Crippen molar-refractivity contribution in [3.8, 4) is 16.9 Å². The van der Waals surface area contributed by atoms with Gasteiger partial charge in [-0.1, -0.05) is 32.0 Å². The Morgan fingerprint density at radius 2 is 1.71 bits per heavy atom. The Morgan fingerprint density at radius 1 is 1.00 bits per heavy atom. The molecule has 5 heteroatoms. The van der Waals surface area contributed by atoms with E-state index in [0.717, 1.165) is 5.56 Å². The van der Waals surface area contributed by atoms with Crippen LogP contribution >= 0.6 is 0 Å². The van der Waals surface area contributed by atoms with Crippen molar-refractivity contribution >= 4 is 0 Å². The van der Waals surface area contributed by atoms with Crippen molar-refractivity contribution in [3.63, 3.8) is 0 Å². The van der Waals surface area contributed by atoms with E-state index in [1.165, 1.54) is 30.3 Å². The first kappa shape index (κ1) is 15.4. The second-order valence-corrected chi connectivity index (χ2v) is 4.96. The summed E-state index contributed by atoms with van der Waals surface area (Å²) in [5.74, 6) is -0.636. The van der Waals surface area contributed by atoms with Gasteiger partial charge in [0.25, 0.3) is 0 Å². The Bertz CT molecular complexity index is 632. The molecule has 0 aliphatic heterocycles. The van der Waals surface area contributed by atoms with Gasteiger partial charge in [-0.05, 0) is 46.9 Å². The first-order valence-electron chi connectivity index (χ1n) is 6.42. The number of hydrogen-bond donors (Lipinski definition) is 0. The minimum atomic E-state index is -4.75. The predicted molar refractivity (Wildman–Crippen MR) is 72.6 cm³/mol. The SMILES string of the molecule is CC(C)c1ccc(F)cc1-c1cccc(OC(F)(F)F)c1. The molecule has 0 saturated carbocycles. The summed E-state index contributed by atoms with van der Waals surface area (Å²) in [5.41, 5.74) is 1.91. The Kier molecular flexibility index (Phi) is 4.21. The molecule has 0 fully saturated rings. The Morgan fingerprint density at radius 3 is 2.33 bits per heavy atom.